The van der Waals surface area contributed by atoms with E-state index in [2.05, 4.69) is 24.3 Å². The SMILES string of the molecule is CC(C)OC(=O)CCC/C=C\C[C@H]1C(=O)CC[C@@H]1/C=C/[C@@H](O)CCc1ccccc1. The van der Waals surface area contributed by atoms with Gasteiger partial charge in [0.15, 0.2) is 0 Å². The zero-order chi connectivity index (χ0) is 21.8. The maximum absolute atomic E-state index is 12.3. The Hall–Kier alpha value is -2.20. The van der Waals surface area contributed by atoms with Gasteiger partial charge in [-0.25, -0.2) is 0 Å². The minimum Gasteiger partial charge on any atom is -0.463 e. The molecule has 1 fully saturated rings. The van der Waals surface area contributed by atoms with E-state index in [1.165, 1.54) is 5.56 Å². The quantitative estimate of drug-likeness (QED) is 0.291. The Morgan fingerprint density at radius 1 is 1.23 bits per heavy atom. The van der Waals surface area contributed by atoms with E-state index in [0.717, 1.165) is 32.1 Å². The number of carbonyl (C=O) groups is 2. The maximum atomic E-state index is 12.3. The van der Waals surface area contributed by atoms with Crippen molar-refractivity contribution >= 4 is 11.8 Å². The van der Waals surface area contributed by atoms with Crippen molar-refractivity contribution in [3.63, 3.8) is 0 Å². The van der Waals surface area contributed by atoms with Crippen molar-refractivity contribution in [1.82, 2.24) is 0 Å². The summed E-state index contributed by atoms with van der Waals surface area (Å²) in [6, 6.07) is 10.2. The number of carbonyl (C=O) groups excluding carboxylic acids is 2. The second-order valence-electron chi connectivity index (χ2n) is 8.39. The third-order valence-electron chi connectivity index (χ3n) is 5.48. The molecule has 0 bridgehead atoms. The lowest BCUT2D eigenvalue weighted by Crippen LogP contribution is -2.13. The molecule has 1 aromatic rings. The number of aliphatic hydroxyl groups excluding tert-OH is 1. The summed E-state index contributed by atoms with van der Waals surface area (Å²) in [6.07, 6.45) is 13.2. The largest absolute Gasteiger partial charge is 0.463 e. The van der Waals surface area contributed by atoms with Crippen molar-refractivity contribution in [2.24, 2.45) is 11.8 Å². The molecule has 2 rings (SSSR count). The smallest absolute Gasteiger partial charge is 0.306 e. The van der Waals surface area contributed by atoms with Crippen LogP contribution in [-0.4, -0.2) is 29.1 Å². The van der Waals surface area contributed by atoms with Crippen LogP contribution in [0, 0.1) is 11.8 Å². The van der Waals surface area contributed by atoms with E-state index < -0.39 is 6.10 Å². The summed E-state index contributed by atoms with van der Waals surface area (Å²) >= 11 is 0. The summed E-state index contributed by atoms with van der Waals surface area (Å²) in [4.78, 5) is 23.8. The minimum atomic E-state index is -0.484. The van der Waals surface area contributed by atoms with Gasteiger partial charge in [-0.1, -0.05) is 54.6 Å². The van der Waals surface area contributed by atoms with E-state index >= 15 is 0 Å². The number of ether oxygens (including phenoxy) is 1. The summed E-state index contributed by atoms with van der Waals surface area (Å²) in [5.41, 5.74) is 1.22. The zero-order valence-corrected chi connectivity index (χ0v) is 18.3. The molecule has 0 saturated heterocycles. The summed E-state index contributed by atoms with van der Waals surface area (Å²) in [7, 11) is 0. The Bertz CT molecular complexity index is 705. The highest BCUT2D eigenvalue weighted by Gasteiger charge is 2.31. The van der Waals surface area contributed by atoms with Crippen LogP contribution in [0.5, 0.6) is 0 Å². The van der Waals surface area contributed by atoms with Gasteiger partial charge in [0.1, 0.15) is 5.78 Å². The van der Waals surface area contributed by atoms with Gasteiger partial charge in [0.2, 0.25) is 0 Å². The first-order chi connectivity index (χ1) is 14.5. The summed E-state index contributed by atoms with van der Waals surface area (Å²) in [5.74, 6) is 0.369. The fraction of sp³-hybridized carbons (Fsp3) is 0.538. The first kappa shape index (κ1) is 24.1. The number of allylic oxidation sites excluding steroid dienone is 3. The standard InChI is InChI=1S/C26H36O4/c1-20(2)30-26(29)13-9-4-3-8-12-24-22(16-19-25(24)28)15-18-23(27)17-14-21-10-6-5-7-11-21/h3,5-8,10-11,15,18,20,22-24,27H,4,9,12-14,16-17,19H2,1-2H3/b8-3-,18-15+/t22-,23-,24+/m0/s1. The average Bonchev–Trinajstić information content (AvgIpc) is 3.07. The maximum Gasteiger partial charge on any atom is 0.306 e. The summed E-state index contributed by atoms with van der Waals surface area (Å²) < 4.78 is 5.12. The molecule has 4 heteroatoms. The second kappa shape index (κ2) is 13.2. The van der Waals surface area contributed by atoms with Crippen LogP contribution in [0.15, 0.2) is 54.6 Å². The zero-order valence-electron chi connectivity index (χ0n) is 18.3. The fourth-order valence-electron chi connectivity index (χ4n) is 3.84. The lowest BCUT2D eigenvalue weighted by molar-refractivity contribution is -0.147. The fourth-order valence-corrected chi connectivity index (χ4v) is 3.84. The second-order valence-corrected chi connectivity index (χ2v) is 8.39. The molecular formula is C26H36O4. The number of Topliss-reactive ketones (excluding diaryl/α,β-unsaturated/α-hetero) is 1. The van der Waals surface area contributed by atoms with Gasteiger partial charge in [0.05, 0.1) is 12.2 Å². The molecule has 1 aliphatic rings. The number of hydrogen-bond acceptors (Lipinski definition) is 4. The molecule has 0 radical (unpaired) electrons. The van der Waals surface area contributed by atoms with Crippen LogP contribution in [-0.2, 0) is 20.7 Å². The van der Waals surface area contributed by atoms with Gasteiger partial charge in [-0.3, -0.25) is 9.59 Å². The van der Waals surface area contributed by atoms with Gasteiger partial charge in [0.25, 0.3) is 0 Å². The lowest BCUT2D eigenvalue weighted by atomic mass is 9.91. The molecular weight excluding hydrogens is 376 g/mol. The molecule has 1 aliphatic carbocycles. The minimum absolute atomic E-state index is 0.00438. The predicted molar refractivity (Wildman–Crippen MR) is 120 cm³/mol. The number of esters is 1. The first-order valence-corrected chi connectivity index (χ1v) is 11.2. The number of aryl methyl sites for hydroxylation is 1. The number of benzene rings is 1. The highest BCUT2D eigenvalue weighted by molar-refractivity contribution is 5.83. The number of ketones is 1. The number of rotatable bonds is 12. The highest BCUT2D eigenvalue weighted by Crippen LogP contribution is 2.33. The molecule has 0 amide bonds. The van der Waals surface area contributed by atoms with E-state index in [-0.39, 0.29) is 23.9 Å². The first-order valence-electron chi connectivity index (χ1n) is 11.2. The predicted octanol–water partition coefficient (Wildman–Crippen LogP) is 5.20. The van der Waals surface area contributed by atoms with E-state index in [0.29, 0.717) is 25.0 Å². The van der Waals surface area contributed by atoms with Gasteiger partial charge < -0.3 is 9.84 Å². The molecule has 1 N–H and O–H groups in total. The van der Waals surface area contributed by atoms with Crippen molar-refractivity contribution < 1.29 is 19.4 Å². The Balaban J connectivity index is 1.71. The van der Waals surface area contributed by atoms with Gasteiger partial charge >= 0.3 is 5.97 Å². The van der Waals surface area contributed by atoms with Gasteiger partial charge in [-0.05, 0) is 63.9 Å². The van der Waals surface area contributed by atoms with Gasteiger partial charge in [0, 0.05) is 18.8 Å². The Morgan fingerprint density at radius 2 is 2.00 bits per heavy atom. The molecule has 0 heterocycles. The monoisotopic (exact) mass is 412 g/mol. The molecule has 0 aromatic heterocycles. The van der Waals surface area contributed by atoms with E-state index in [1.54, 1.807) is 0 Å². The number of unbranched alkanes of at least 4 members (excludes halogenated alkanes) is 1. The van der Waals surface area contributed by atoms with Crippen LogP contribution in [0.25, 0.3) is 0 Å². The molecule has 0 aliphatic heterocycles. The van der Waals surface area contributed by atoms with Gasteiger partial charge in [-0.2, -0.15) is 0 Å². The number of aliphatic hydroxyl groups is 1. The van der Waals surface area contributed by atoms with E-state index in [1.807, 2.05) is 44.2 Å². The molecule has 3 atom stereocenters. The highest BCUT2D eigenvalue weighted by atomic mass is 16.5. The van der Waals surface area contributed by atoms with Crippen LogP contribution >= 0.6 is 0 Å². The van der Waals surface area contributed by atoms with Crippen molar-refractivity contribution in [2.75, 3.05) is 0 Å². The van der Waals surface area contributed by atoms with Crippen LogP contribution < -0.4 is 0 Å². The molecule has 4 nitrogen and oxygen atoms in total. The lowest BCUT2D eigenvalue weighted by Gasteiger charge is -2.14. The van der Waals surface area contributed by atoms with Gasteiger partial charge in [-0.15, -0.1) is 0 Å². The van der Waals surface area contributed by atoms with Crippen LogP contribution in [0.1, 0.15) is 64.4 Å². The molecule has 1 saturated carbocycles. The Morgan fingerprint density at radius 3 is 2.73 bits per heavy atom. The third kappa shape index (κ3) is 9.08. The Labute approximate surface area is 181 Å². The van der Waals surface area contributed by atoms with Crippen molar-refractivity contribution in [3.05, 3.63) is 60.2 Å². The normalized spacial score (nSPS) is 20.5. The molecule has 0 unspecified atom stereocenters. The number of hydrogen-bond donors (Lipinski definition) is 1. The third-order valence-corrected chi connectivity index (χ3v) is 5.48. The van der Waals surface area contributed by atoms with Crippen LogP contribution in [0.4, 0.5) is 0 Å². The van der Waals surface area contributed by atoms with Crippen molar-refractivity contribution in [3.8, 4) is 0 Å². The Kier molecular flexibility index (Phi) is 10.6. The molecule has 164 valence electrons. The summed E-state index contributed by atoms with van der Waals surface area (Å²) in [6.45, 7) is 3.70. The van der Waals surface area contributed by atoms with E-state index in [9.17, 15) is 14.7 Å². The van der Waals surface area contributed by atoms with Crippen LogP contribution in [0.2, 0.25) is 0 Å². The summed E-state index contributed by atoms with van der Waals surface area (Å²) in [5, 5.41) is 10.3. The topological polar surface area (TPSA) is 63.6 Å². The molecule has 0 spiro atoms. The van der Waals surface area contributed by atoms with E-state index in [4.69, 9.17) is 4.74 Å². The van der Waals surface area contributed by atoms with Crippen molar-refractivity contribution in [1.29, 1.82) is 0 Å². The molecule has 1 aromatic carbocycles. The molecule has 30 heavy (non-hydrogen) atoms. The van der Waals surface area contributed by atoms with Crippen LogP contribution in [0.3, 0.4) is 0 Å². The average molecular weight is 413 g/mol. The van der Waals surface area contributed by atoms with Crippen molar-refractivity contribution in [2.45, 2.75) is 77.4 Å².